The molecule has 1 aromatic carbocycles. The number of benzene rings is 1. The molecule has 15 heavy (non-hydrogen) atoms. The Hall–Kier alpha value is -1.02. The number of anilines is 1. The Morgan fingerprint density at radius 3 is 2.73 bits per heavy atom. The fraction of sp³-hybridized carbons (Fsp3) is 0.538. The van der Waals surface area contributed by atoms with Crippen molar-refractivity contribution in [1.29, 1.82) is 0 Å². The number of aliphatic hydroxyl groups excluding tert-OH is 1. The number of nitrogens with zero attached hydrogens (tertiary/aromatic N) is 1. The normalized spacial score (nSPS) is 16.9. The topological polar surface area (TPSA) is 23.5 Å². The smallest absolute Gasteiger partial charge is 0.0682 e. The molecule has 1 aromatic rings. The van der Waals surface area contributed by atoms with E-state index in [0.29, 0.717) is 0 Å². The van der Waals surface area contributed by atoms with Gasteiger partial charge in [0.15, 0.2) is 0 Å². The molecule has 1 heterocycles. The zero-order valence-electron chi connectivity index (χ0n) is 9.48. The van der Waals surface area contributed by atoms with Gasteiger partial charge in [0.25, 0.3) is 0 Å². The average Bonchev–Trinajstić information content (AvgIpc) is 2.15. The second-order valence-corrected chi connectivity index (χ2v) is 4.74. The number of hydrogen-bond acceptors (Lipinski definition) is 2. The highest BCUT2D eigenvalue weighted by molar-refractivity contribution is 5.50. The van der Waals surface area contributed by atoms with Gasteiger partial charge in [-0.25, -0.2) is 0 Å². The quantitative estimate of drug-likeness (QED) is 0.818. The monoisotopic (exact) mass is 205 g/mol. The third kappa shape index (κ3) is 2.15. The largest absolute Gasteiger partial charge is 0.392 e. The highest BCUT2D eigenvalue weighted by Gasteiger charge is 2.28. The van der Waals surface area contributed by atoms with Crippen LogP contribution >= 0.6 is 0 Å². The molecule has 0 atom stereocenters. The summed E-state index contributed by atoms with van der Waals surface area (Å²) < 4.78 is 0. The van der Waals surface area contributed by atoms with Gasteiger partial charge < -0.3 is 10.0 Å². The molecule has 1 aliphatic heterocycles. The molecule has 1 fully saturated rings. The summed E-state index contributed by atoms with van der Waals surface area (Å²) in [6, 6.07) is 8.18. The lowest BCUT2D eigenvalue weighted by molar-refractivity contribution is 0.281. The van der Waals surface area contributed by atoms with Crippen LogP contribution in [0.25, 0.3) is 0 Å². The van der Waals surface area contributed by atoms with E-state index in [1.165, 1.54) is 5.69 Å². The number of aliphatic hydroxyl groups is 1. The zero-order valence-corrected chi connectivity index (χ0v) is 9.48. The Kier molecular flexibility index (Phi) is 2.96. The lowest BCUT2D eigenvalue weighted by Crippen LogP contribution is -2.49. The Morgan fingerprint density at radius 2 is 2.13 bits per heavy atom. The predicted molar refractivity (Wildman–Crippen MR) is 62.9 cm³/mol. The first-order valence-electron chi connectivity index (χ1n) is 5.65. The minimum atomic E-state index is 0.134. The van der Waals surface area contributed by atoms with Gasteiger partial charge >= 0.3 is 0 Å². The van der Waals surface area contributed by atoms with E-state index in [0.717, 1.165) is 30.5 Å². The zero-order chi connectivity index (χ0) is 10.8. The average molecular weight is 205 g/mol. The van der Waals surface area contributed by atoms with Crippen LogP contribution in [-0.2, 0) is 6.61 Å². The van der Waals surface area contributed by atoms with Crippen molar-refractivity contribution in [2.24, 2.45) is 11.8 Å². The minimum Gasteiger partial charge on any atom is -0.392 e. The molecule has 2 heteroatoms. The molecule has 1 N–H and O–H groups in total. The lowest BCUT2D eigenvalue weighted by atomic mass is 9.88. The van der Waals surface area contributed by atoms with Crippen LogP contribution < -0.4 is 4.90 Å². The second-order valence-electron chi connectivity index (χ2n) is 4.74. The summed E-state index contributed by atoms with van der Waals surface area (Å²) >= 11 is 0. The van der Waals surface area contributed by atoms with Gasteiger partial charge in [0, 0.05) is 18.8 Å². The maximum Gasteiger partial charge on any atom is 0.0682 e. The van der Waals surface area contributed by atoms with Gasteiger partial charge in [0.05, 0.1) is 6.61 Å². The predicted octanol–water partition coefficient (Wildman–Crippen LogP) is 2.27. The van der Waals surface area contributed by atoms with Crippen LogP contribution in [0.15, 0.2) is 24.3 Å². The first-order chi connectivity index (χ1) is 7.20. The van der Waals surface area contributed by atoms with Crippen molar-refractivity contribution < 1.29 is 5.11 Å². The molecule has 0 aromatic heterocycles. The Balaban J connectivity index is 2.00. The van der Waals surface area contributed by atoms with Gasteiger partial charge in [0.1, 0.15) is 0 Å². The molecule has 0 bridgehead atoms. The van der Waals surface area contributed by atoms with E-state index in [4.69, 9.17) is 5.11 Å². The maximum absolute atomic E-state index is 9.06. The minimum absolute atomic E-state index is 0.134. The van der Waals surface area contributed by atoms with Crippen molar-refractivity contribution in [3.8, 4) is 0 Å². The highest BCUT2D eigenvalue weighted by atomic mass is 16.3. The van der Waals surface area contributed by atoms with Gasteiger partial charge in [-0.1, -0.05) is 26.0 Å². The van der Waals surface area contributed by atoms with Crippen LogP contribution in [0.4, 0.5) is 5.69 Å². The molecule has 2 rings (SSSR count). The molecule has 2 nitrogen and oxygen atoms in total. The van der Waals surface area contributed by atoms with Crippen molar-refractivity contribution in [3.05, 3.63) is 29.8 Å². The van der Waals surface area contributed by atoms with Gasteiger partial charge in [0.2, 0.25) is 0 Å². The third-order valence-electron chi connectivity index (χ3n) is 3.31. The second kappa shape index (κ2) is 4.23. The van der Waals surface area contributed by atoms with E-state index in [-0.39, 0.29) is 6.61 Å². The van der Waals surface area contributed by atoms with E-state index < -0.39 is 0 Å². The van der Waals surface area contributed by atoms with Crippen LogP contribution in [0.2, 0.25) is 0 Å². The van der Waals surface area contributed by atoms with E-state index in [1.54, 1.807) is 0 Å². The van der Waals surface area contributed by atoms with E-state index >= 15 is 0 Å². The van der Waals surface area contributed by atoms with Gasteiger partial charge in [-0.15, -0.1) is 0 Å². The maximum atomic E-state index is 9.06. The molecule has 1 aliphatic rings. The summed E-state index contributed by atoms with van der Waals surface area (Å²) in [5, 5.41) is 9.06. The molecular formula is C13H19NO. The number of hydrogen-bond donors (Lipinski definition) is 1. The van der Waals surface area contributed by atoms with Crippen molar-refractivity contribution in [2.45, 2.75) is 20.5 Å². The molecule has 0 unspecified atom stereocenters. The van der Waals surface area contributed by atoms with Crippen molar-refractivity contribution >= 4 is 5.69 Å². The molecule has 82 valence electrons. The Labute approximate surface area is 91.5 Å². The highest BCUT2D eigenvalue weighted by Crippen LogP contribution is 2.29. The Bertz CT molecular complexity index is 329. The van der Waals surface area contributed by atoms with Crippen LogP contribution in [-0.4, -0.2) is 18.2 Å². The summed E-state index contributed by atoms with van der Waals surface area (Å²) in [4.78, 5) is 2.38. The van der Waals surface area contributed by atoms with Crippen molar-refractivity contribution in [3.63, 3.8) is 0 Å². The van der Waals surface area contributed by atoms with E-state index in [2.05, 4.69) is 30.9 Å². The fourth-order valence-corrected chi connectivity index (χ4v) is 2.00. The van der Waals surface area contributed by atoms with Crippen LogP contribution in [0.1, 0.15) is 19.4 Å². The molecule has 0 radical (unpaired) electrons. The molecule has 0 amide bonds. The van der Waals surface area contributed by atoms with Crippen LogP contribution in [0, 0.1) is 11.8 Å². The summed E-state index contributed by atoms with van der Waals surface area (Å²) in [5.74, 6) is 1.62. The third-order valence-corrected chi connectivity index (χ3v) is 3.31. The van der Waals surface area contributed by atoms with E-state index in [1.807, 2.05) is 12.1 Å². The fourth-order valence-electron chi connectivity index (χ4n) is 2.00. The summed E-state index contributed by atoms with van der Waals surface area (Å²) in [7, 11) is 0. The SMILES string of the molecule is CC(C)C1CN(c2cccc(CO)c2)C1. The molecule has 0 spiro atoms. The van der Waals surface area contributed by atoms with Gasteiger partial charge in [-0.3, -0.25) is 0 Å². The van der Waals surface area contributed by atoms with Crippen molar-refractivity contribution in [2.75, 3.05) is 18.0 Å². The first kappa shape index (κ1) is 10.5. The summed E-state index contributed by atoms with van der Waals surface area (Å²) in [6.07, 6.45) is 0. The molecule has 0 aliphatic carbocycles. The van der Waals surface area contributed by atoms with E-state index in [9.17, 15) is 0 Å². The number of rotatable bonds is 3. The molecule has 1 saturated heterocycles. The van der Waals surface area contributed by atoms with Crippen molar-refractivity contribution in [1.82, 2.24) is 0 Å². The lowest BCUT2D eigenvalue weighted by Gasteiger charge is -2.43. The van der Waals surface area contributed by atoms with Gasteiger partial charge in [-0.05, 0) is 29.5 Å². The Morgan fingerprint density at radius 1 is 1.40 bits per heavy atom. The first-order valence-corrected chi connectivity index (χ1v) is 5.65. The van der Waals surface area contributed by atoms with Crippen LogP contribution in [0.3, 0.4) is 0 Å². The van der Waals surface area contributed by atoms with Gasteiger partial charge in [-0.2, -0.15) is 0 Å². The standard InChI is InChI=1S/C13H19NO/c1-10(2)12-7-14(8-12)13-5-3-4-11(6-13)9-15/h3-6,10,12,15H,7-9H2,1-2H3. The summed E-state index contributed by atoms with van der Waals surface area (Å²) in [5.41, 5.74) is 2.25. The van der Waals surface area contributed by atoms with Crippen LogP contribution in [0.5, 0.6) is 0 Å². The molecule has 0 saturated carbocycles. The molecular weight excluding hydrogens is 186 g/mol. The summed E-state index contributed by atoms with van der Waals surface area (Å²) in [6.45, 7) is 7.02.